The summed E-state index contributed by atoms with van der Waals surface area (Å²) >= 11 is 0. The molecule has 138 valence electrons. The Balaban J connectivity index is 1.33. The van der Waals surface area contributed by atoms with Crippen LogP contribution in [-0.4, -0.2) is 33.0 Å². The summed E-state index contributed by atoms with van der Waals surface area (Å²) in [6, 6.07) is 9.63. The third-order valence-corrected chi connectivity index (χ3v) is 7.01. The summed E-state index contributed by atoms with van der Waals surface area (Å²) in [6.45, 7) is 2.42. The number of aryl methyl sites for hydroxylation is 2. The predicted octanol–water partition coefficient (Wildman–Crippen LogP) is 2.77. The van der Waals surface area contributed by atoms with Crippen molar-refractivity contribution < 1.29 is 8.42 Å². The second-order valence-corrected chi connectivity index (χ2v) is 9.04. The van der Waals surface area contributed by atoms with Gasteiger partial charge < -0.3 is 4.90 Å². The number of piperidine rings is 1. The largest absolute Gasteiger partial charge is 0.371 e. The molecule has 1 aliphatic carbocycles. The summed E-state index contributed by atoms with van der Waals surface area (Å²) in [5.74, 6) is 0.386. The van der Waals surface area contributed by atoms with Gasteiger partial charge in [-0.2, -0.15) is 0 Å². The zero-order valence-electron chi connectivity index (χ0n) is 14.9. The molecule has 2 aliphatic rings. The van der Waals surface area contributed by atoms with Gasteiger partial charge >= 0.3 is 0 Å². The van der Waals surface area contributed by atoms with Crippen LogP contribution in [0.4, 0.5) is 5.69 Å². The molecule has 1 N–H and O–H groups in total. The van der Waals surface area contributed by atoms with Crippen molar-refractivity contribution in [1.82, 2.24) is 9.71 Å². The first kappa shape index (κ1) is 17.5. The number of nitrogens with zero attached hydrogens (tertiary/aromatic N) is 2. The first-order chi connectivity index (χ1) is 12.6. The fourth-order valence-electron chi connectivity index (χ4n) is 3.98. The smallest absolute Gasteiger partial charge is 0.240 e. The second-order valence-electron chi connectivity index (χ2n) is 7.27. The summed E-state index contributed by atoms with van der Waals surface area (Å²) in [6.07, 6.45) is 8.80. The van der Waals surface area contributed by atoms with Crippen LogP contribution in [0.5, 0.6) is 0 Å². The minimum absolute atomic E-state index is 0.386. The Morgan fingerprint density at radius 3 is 2.54 bits per heavy atom. The van der Waals surface area contributed by atoms with Crippen molar-refractivity contribution in [3.63, 3.8) is 0 Å². The first-order valence-electron chi connectivity index (χ1n) is 9.38. The summed E-state index contributed by atoms with van der Waals surface area (Å²) in [4.78, 5) is 6.81. The Morgan fingerprint density at radius 1 is 1.04 bits per heavy atom. The van der Waals surface area contributed by atoms with Gasteiger partial charge in [-0.05, 0) is 73.4 Å². The Morgan fingerprint density at radius 2 is 1.77 bits per heavy atom. The predicted molar refractivity (Wildman–Crippen MR) is 103 cm³/mol. The van der Waals surface area contributed by atoms with Crippen LogP contribution in [0.1, 0.15) is 30.4 Å². The number of sulfonamides is 1. The average Bonchev–Trinajstić information content (AvgIpc) is 3.15. The van der Waals surface area contributed by atoms with Gasteiger partial charge in [0.2, 0.25) is 10.0 Å². The highest BCUT2D eigenvalue weighted by Crippen LogP contribution is 2.25. The molecule has 26 heavy (non-hydrogen) atoms. The van der Waals surface area contributed by atoms with Gasteiger partial charge in [0.15, 0.2) is 0 Å². The summed E-state index contributed by atoms with van der Waals surface area (Å²) in [7, 11) is -3.42. The molecule has 1 aromatic carbocycles. The highest BCUT2D eigenvalue weighted by atomic mass is 32.2. The summed E-state index contributed by atoms with van der Waals surface area (Å²) in [5, 5.41) is 0. The first-order valence-corrected chi connectivity index (χ1v) is 10.9. The van der Waals surface area contributed by atoms with E-state index >= 15 is 0 Å². The van der Waals surface area contributed by atoms with E-state index in [1.165, 1.54) is 16.8 Å². The molecule has 2 heterocycles. The number of hydrogen-bond donors (Lipinski definition) is 1. The van der Waals surface area contributed by atoms with E-state index in [0.29, 0.717) is 17.4 Å². The molecule has 0 spiro atoms. The number of anilines is 1. The van der Waals surface area contributed by atoms with E-state index in [1.807, 2.05) is 36.7 Å². The standard InChI is InChI=1S/C20H25N3O2S/c24-26(25,20-5-4-17-2-1-3-18(17)14-20)22-15-16-8-12-23(13-9-16)19-6-10-21-11-7-19/h4-7,10-11,14,16,22H,1-3,8-9,12-13,15H2. The average molecular weight is 372 g/mol. The molecular weight excluding hydrogens is 346 g/mol. The van der Waals surface area contributed by atoms with Crippen molar-refractivity contribution in [1.29, 1.82) is 0 Å². The van der Waals surface area contributed by atoms with Crippen molar-refractivity contribution in [3.8, 4) is 0 Å². The van der Waals surface area contributed by atoms with Gasteiger partial charge in [0.25, 0.3) is 0 Å². The van der Waals surface area contributed by atoms with Crippen LogP contribution in [0.2, 0.25) is 0 Å². The molecule has 0 unspecified atom stereocenters. The number of aromatic nitrogens is 1. The highest BCUT2D eigenvalue weighted by Gasteiger charge is 2.23. The van der Waals surface area contributed by atoms with Crippen molar-refractivity contribution >= 4 is 15.7 Å². The zero-order chi connectivity index (χ0) is 18.0. The number of pyridine rings is 1. The van der Waals surface area contributed by atoms with E-state index in [4.69, 9.17) is 0 Å². The van der Waals surface area contributed by atoms with E-state index in [1.54, 1.807) is 6.07 Å². The topological polar surface area (TPSA) is 62.3 Å². The Hall–Kier alpha value is -1.92. The molecule has 1 aromatic heterocycles. The molecule has 5 nitrogen and oxygen atoms in total. The van der Waals surface area contributed by atoms with Crippen molar-refractivity contribution in [3.05, 3.63) is 53.9 Å². The fourth-order valence-corrected chi connectivity index (χ4v) is 5.14. The Kier molecular flexibility index (Phi) is 4.96. The lowest BCUT2D eigenvalue weighted by molar-refractivity contribution is 0.402. The molecule has 6 heteroatoms. The SMILES string of the molecule is O=S(=O)(NCC1CCN(c2ccncc2)CC1)c1ccc2c(c1)CCC2. The molecule has 0 amide bonds. The van der Waals surface area contributed by atoms with Gasteiger partial charge in [0.05, 0.1) is 4.90 Å². The van der Waals surface area contributed by atoms with Gasteiger partial charge in [0.1, 0.15) is 0 Å². The van der Waals surface area contributed by atoms with Crippen molar-refractivity contribution in [2.24, 2.45) is 5.92 Å². The summed E-state index contributed by atoms with van der Waals surface area (Å²) in [5.41, 5.74) is 3.68. The quantitative estimate of drug-likeness (QED) is 0.878. The Bertz CT molecular complexity index is 860. The van der Waals surface area contributed by atoms with Crippen LogP contribution in [0.3, 0.4) is 0 Å². The van der Waals surface area contributed by atoms with E-state index in [2.05, 4.69) is 14.6 Å². The zero-order valence-corrected chi connectivity index (χ0v) is 15.7. The molecule has 1 saturated heterocycles. The molecule has 0 saturated carbocycles. The normalized spacial score (nSPS) is 18.1. The molecule has 1 fully saturated rings. The molecule has 2 aromatic rings. The molecular formula is C20H25N3O2S. The van der Waals surface area contributed by atoms with Crippen molar-refractivity contribution in [2.45, 2.75) is 37.0 Å². The molecule has 0 bridgehead atoms. The number of hydrogen-bond acceptors (Lipinski definition) is 4. The van der Waals surface area contributed by atoms with Crippen LogP contribution < -0.4 is 9.62 Å². The maximum absolute atomic E-state index is 12.6. The maximum atomic E-state index is 12.6. The van der Waals surface area contributed by atoms with Gasteiger partial charge in [-0.1, -0.05) is 6.07 Å². The van der Waals surface area contributed by atoms with Crippen LogP contribution in [0.25, 0.3) is 0 Å². The minimum atomic E-state index is -3.42. The maximum Gasteiger partial charge on any atom is 0.240 e. The van der Waals surface area contributed by atoms with Gasteiger partial charge in [-0.25, -0.2) is 13.1 Å². The van der Waals surface area contributed by atoms with Gasteiger partial charge in [-0.3, -0.25) is 4.98 Å². The molecule has 4 rings (SSSR count). The number of rotatable bonds is 5. The van der Waals surface area contributed by atoms with Crippen LogP contribution in [-0.2, 0) is 22.9 Å². The van der Waals surface area contributed by atoms with Crippen LogP contribution >= 0.6 is 0 Å². The lowest BCUT2D eigenvalue weighted by atomic mass is 9.97. The monoisotopic (exact) mass is 371 g/mol. The van der Waals surface area contributed by atoms with Crippen LogP contribution in [0.15, 0.2) is 47.6 Å². The lowest BCUT2D eigenvalue weighted by Gasteiger charge is -2.33. The van der Waals surface area contributed by atoms with E-state index < -0.39 is 10.0 Å². The fraction of sp³-hybridized carbons (Fsp3) is 0.450. The van der Waals surface area contributed by atoms with E-state index in [0.717, 1.165) is 45.2 Å². The van der Waals surface area contributed by atoms with E-state index in [-0.39, 0.29) is 0 Å². The van der Waals surface area contributed by atoms with Crippen LogP contribution in [0, 0.1) is 5.92 Å². The third kappa shape index (κ3) is 3.76. The van der Waals surface area contributed by atoms with E-state index in [9.17, 15) is 8.42 Å². The van der Waals surface area contributed by atoms with Crippen molar-refractivity contribution in [2.75, 3.05) is 24.5 Å². The number of fused-ring (bicyclic) bond motifs is 1. The molecule has 0 radical (unpaired) electrons. The number of benzene rings is 1. The summed E-state index contributed by atoms with van der Waals surface area (Å²) < 4.78 is 28.1. The van der Waals surface area contributed by atoms with Gasteiger partial charge in [0, 0.05) is 37.7 Å². The molecule has 0 atom stereocenters. The molecule has 1 aliphatic heterocycles. The minimum Gasteiger partial charge on any atom is -0.371 e. The van der Waals surface area contributed by atoms with Gasteiger partial charge in [-0.15, -0.1) is 0 Å². The number of nitrogens with one attached hydrogen (secondary N) is 1. The lowest BCUT2D eigenvalue weighted by Crippen LogP contribution is -2.38. The second kappa shape index (κ2) is 7.37. The highest BCUT2D eigenvalue weighted by molar-refractivity contribution is 7.89. The third-order valence-electron chi connectivity index (χ3n) is 5.58. The Labute approximate surface area is 155 Å².